The van der Waals surface area contributed by atoms with Gasteiger partial charge < -0.3 is 15.0 Å². The highest BCUT2D eigenvalue weighted by molar-refractivity contribution is 9.10. The molecule has 0 aliphatic rings. The Balaban J connectivity index is 2.29. The maximum Gasteiger partial charge on any atom is 0.246 e. The van der Waals surface area contributed by atoms with Gasteiger partial charge in [0.15, 0.2) is 0 Å². The lowest BCUT2D eigenvalue weighted by Crippen LogP contribution is -2.16. The minimum Gasteiger partial charge on any atom is -0.383 e. The number of rotatable bonds is 4. The van der Waals surface area contributed by atoms with Crippen LogP contribution in [-0.2, 0) is 4.74 Å². The molecule has 1 atom stereocenters. The fourth-order valence-corrected chi connectivity index (χ4v) is 1.95. The summed E-state index contributed by atoms with van der Waals surface area (Å²) in [7, 11) is 1.54. The van der Waals surface area contributed by atoms with Crippen molar-refractivity contribution in [3.63, 3.8) is 0 Å². The van der Waals surface area contributed by atoms with Gasteiger partial charge in [-0.3, -0.25) is 0 Å². The van der Waals surface area contributed by atoms with Gasteiger partial charge in [-0.25, -0.2) is 4.39 Å². The fourth-order valence-electron chi connectivity index (χ4n) is 1.42. The van der Waals surface area contributed by atoms with E-state index in [-0.39, 0.29) is 18.3 Å². The van der Waals surface area contributed by atoms with E-state index in [2.05, 4.69) is 26.1 Å². The van der Waals surface area contributed by atoms with E-state index in [1.807, 2.05) is 0 Å². The summed E-state index contributed by atoms with van der Waals surface area (Å²) in [5, 5.41) is 3.81. The lowest BCUT2D eigenvalue weighted by Gasteiger charge is -2.03. The topological polar surface area (TPSA) is 74.2 Å². The normalized spacial score (nSPS) is 12.7. The predicted octanol–water partition coefficient (Wildman–Crippen LogP) is 2.28. The molecule has 2 rings (SSSR count). The fraction of sp³-hybridized carbons (Fsp3) is 0.273. The standard InChI is InChI=1S/C11H11BrFN3O2/c1-17-5-9(14)11-15-10(16-18-11)7-3-2-6(13)4-8(7)12/h2-4,9H,5,14H2,1H3. The van der Waals surface area contributed by atoms with Crippen molar-refractivity contribution < 1.29 is 13.7 Å². The van der Waals surface area contributed by atoms with Gasteiger partial charge in [-0.2, -0.15) is 4.98 Å². The molecule has 96 valence electrons. The number of nitrogens with two attached hydrogens (primary N) is 1. The summed E-state index contributed by atoms with van der Waals surface area (Å²) in [6.45, 7) is 0.284. The van der Waals surface area contributed by atoms with Crippen molar-refractivity contribution in [1.82, 2.24) is 10.1 Å². The number of hydrogen-bond acceptors (Lipinski definition) is 5. The lowest BCUT2D eigenvalue weighted by molar-refractivity contribution is 0.166. The van der Waals surface area contributed by atoms with Gasteiger partial charge in [-0.15, -0.1) is 0 Å². The molecule has 0 saturated carbocycles. The van der Waals surface area contributed by atoms with Crippen molar-refractivity contribution in [2.24, 2.45) is 5.73 Å². The van der Waals surface area contributed by atoms with Crippen LogP contribution in [0, 0.1) is 5.82 Å². The zero-order valence-corrected chi connectivity index (χ0v) is 11.1. The van der Waals surface area contributed by atoms with Crippen LogP contribution in [0.3, 0.4) is 0 Å². The molecule has 2 N–H and O–H groups in total. The van der Waals surface area contributed by atoms with Crippen LogP contribution in [0.5, 0.6) is 0 Å². The second kappa shape index (κ2) is 5.55. The molecule has 1 aromatic heterocycles. The molecule has 2 aromatic rings. The van der Waals surface area contributed by atoms with Gasteiger partial charge in [0.2, 0.25) is 11.7 Å². The number of benzene rings is 1. The van der Waals surface area contributed by atoms with Crippen LogP contribution in [0.1, 0.15) is 11.9 Å². The number of nitrogens with zero attached hydrogens (tertiary/aromatic N) is 2. The van der Waals surface area contributed by atoms with Crippen molar-refractivity contribution in [2.75, 3.05) is 13.7 Å². The SMILES string of the molecule is COCC(N)c1nc(-c2ccc(F)cc2Br)no1. The van der Waals surface area contributed by atoms with Gasteiger partial charge >= 0.3 is 0 Å². The zero-order chi connectivity index (χ0) is 13.1. The van der Waals surface area contributed by atoms with Gasteiger partial charge in [-0.05, 0) is 34.1 Å². The average molecular weight is 316 g/mol. The lowest BCUT2D eigenvalue weighted by atomic mass is 10.2. The predicted molar refractivity (Wildman–Crippen MR) is 66.2 cm³/mol. The van der Waals surface area contributed by atoms with Crippen LogP contribution < -0.4 is 5.73 Å². The van der Waals surface area contributed by atoms with Crippen LogP contribution in [0.15, 0.2) is 27.2 Å². The van der Waals surface area contributed by atoms with Crippen LogP contribution in [0.25, 0.3) is 11.4 Å². The second-order valence-electron chi connectivity index (χ2n) is 3.64. The molecule has 0 saturated heterocycles. The number of ether oxygens (including phenoxy) is 1. The summed E-state index contributed by atoms with van der Waals surface area (Å²) in [6.07, 6.45) is 0. The van der Waals surface area contributed by atoms with E-state index in [1.165, 1.54) is 19.2 Å². The molecule has 5 nitrogen and oxygen atoms in total. The first-order chi connectivity index (χ1) is 8.61. The summed E-state index contributed by atoms with van der Waals surface area (Å²) in [5.74, 6) is 0.289. The summed E-state index contributed by atoms with van der Waals surface area (Å²) >= 11 is 3.24. The Morgan fingerprint density at radius 3 is 3.00 bits per heavy atom. The van der Waals surface area contributed by atoms with E-state index in [1.54, 1.807) is 6.07 Å². The smallest absolute Gasteiger partial charge is 0.246 e. The van der Waals surface area contributed by atoms with Crippen molar-refractivity contribution in [3.05, 3.63) is 34.4 Å². The van der Waals surface area contributed by atoms with E-state index in [0.717, 1.165) is 0 Å². The minimum atomic E-state index is -0.476. The average Bonchev–Trinajstić information content (AvgIpc) is 2.78. The second-order valence-corrected chi connectivity index (χ2v) is 4.50. The third-order valence-electron chi connectivity index (χ3n) is 2.28. The van der Waals surface area contributed by atoms with Crippen LogP contribution in [0.2, 0.25) is 0 Å². The van der Waals surface area contributed by atoms with Crippen LogP contribution in [-0.4, -0.2) is 23.9 Å². The van der Waals surface area contributed by atoms with Crippen molar-refractivity contribution in [1.29, 1.82) is 0 Å². The third kappa shape index (κ3) is 2.74. The minimum absolute atomic E-state index is 0.281. The summed E-state index contributed by atoms with van der Waals surface area (Å²) in [6, 6.07) is 3.75. The molecule has 1 heterocycles. The summed E-state index contributed by atoms with van der Waals surface area (Å²) in [5.41, 5.74) is 6.40. The first kappa shape index (κ1) is 13.1. The van der Waals surface area contributed by atoms with Crippen LogP contribution >= 0.6 is 15.9 Å². The van der Waals surface area contributed by atoms with Gasteiger partial charge in [0, 0.05) is 17.1 Å². The Morgan fingerprint density at radius 2 is 2.33 bits per heavy atom. The molecule has 7 heteroatoms. The highest BCUT2D eigenvalue weighted by atomic mass is 79.9. The Morgan fingerprint density at radius 1 is 1.56 bits per heavy atom. The number of hydrogen-bond donors (Lipinski definition) is 1. The molecule has 0 aliphatic carbocycles. The van der Waals surface area contributed by atoms with E-state index in [4.69, 9.17) is 15.0 Å². The Bertz CT molecular complexity index is 547. The molecule has 0 bridgehead atoms. The quantitative estimate of drug-likeness (QED) is 0.937. The van der Waals surface area contributed by atoms with Crippen LogP contribution in [0.4, 0.5) is 4.39 Å². The molecule has 0 spiro atoms. The highest BCUT2D eigenvalue weighted by Gasteiger charge is 2.17. The molecule has 1 unspecified atom stereocenters. The van der Waals surface area contributed by atoms with E-state index < -0.39 is 6.04 Å². The maximum atomic E-state index is 13.0. The van der Waals surface area contributed by atoms with Gasteiger partial charge in [0.1, 0.15) is 11.9 Å². The highest BCUT2D eigenvalue weighted by Crippen LogP contribution is 2.27. The number of aromatic nitrogens is 2. The monoisotopic (exact) mass is 315 g/mol. The molecule has 0 aliphatic heterocycles. The maximum absolute atomic E-state index is 13.0. The molecule has 0 amide bonds. The van der Waals surface area contributed by atoms with Gasteiger partial charge in [0.05, 0.1) is 6.61 Å². The molecular weight excluding hydrogens is 305 g/mol. The summed E-state index contributed by atoms with van der Waals surface area (Å²) in [4.78, 5) is 4.15. The molecule has 18 heavy (non-hydrogen) atoms. The van der Waals surface area contributed by atoms with Gasteiger partial charge in [0.25, 0.3) is 0 Å². The third-order valence-corrected chi connectivity index (χ3v) is 2.93. The first-order valence-corrected chi connectivity index (χ1v) is 5.94. The van der Waals surface area contributed by atoms with Crippen molar-refractivity contribution >= 4 is 15.9 Å². The van der Waals surface area contributed by atoms with Crippen molar-refractivity contribution in [2.45, 2.75) is 6.04 Å². The number of methoxy groups -OCH3 is 1. The largest absolute Gasteiger partial charge is 0.383 e. The first-order valence-electron chi connectivity index (χ1n) is 5.15. The molecule has 0 radical (unpaired) electrons. The zero-order valence-electron chi connectivity index (χ0n) is 9.56. The molecule has 0 fully saturated rings. The molecular formula is C11H11BrFN3O2. The van der Waals surface area contributed by atoms with Crippen molar-refractivity contribution in [3.8, 4) is 11.4 Å². The Hall–Kier alpha value is -1.31. The number of halogens is 2. The summed E-state index contributed by atoms with van der Waals surface area (Å²) < 4.78 is 23.5. The van der Waals surface area contributed by atoms with E-state index >= 15 is 0 Å². The Labute approximate surface area is 111 Å². The van der Waals surface area contributed by atoms with E-state index in [9.17, 15) is 4.39 Å². The van der Waals surface area contributed by atoms with E-state index in [0.29, 0.717) is 15.9 Å². The Kier molecular flexibility index (Phi) is 4.05. The van der Waals surface area contributed by atoms with Gasteiger partial charge in [-0.1, -0.05) is 5.16 Å². The molecule has 1 aromatic carbocycles.